The number of halogens is 4. The minimum Gasteiger partial charge on any atom is -0.394 e. The summed E-state index contributed by atoms with van der Waals surface area (Å²) < 4.78 is 54.1. The van der Waals surface area contributed by atoms with Crippen LogP contribution in [0.2, 0.25) is 0 Å². The number of benzene rings is 2. The molecule has 0 bridgehead atoms. The van der Waals surface area contributed by atoms with Crippen LogP contribution in [0, 0.1) is 22.6 Å². The first-order valence-corrected chi connectivity index (χ1v) is 9.96. The van der Waals surface area contributed by atoms with E-state index < -0.39 is 42.3 Å². The maximum atomic E-state index is 13.7. The number of hydrogen-bond donors (Lipinski definition) is 3. The summed E-state index contributed by atoms with van der Waals surface area (Å²) in [5.74, 6) is -3.87. The molecule has 11 heteroatoms. The Morgan fingerprint density at radius 2 is 1.97 bits per heavy atom. The molecule has 7 nitrogen and oxygen atoms in total. The van der Waals surface area contributed by atoms with Gasteiger partial charge < -0.3 is 20.9 Å². The molecule has 3 N–H and O–H groups in total. The fourth-order valence-electron chi connectivity index (χ4n) is 3.90. The number of nitrogens with one attached hydrogen (secondary N) is 3. The predicted octanol–water partition coefficient (Wildman–Crippen LogP) is 3.56. The highest BCUT2D eigenvalue weighted by Crippen LogP contribution is 2.38. The highest BCUT2D eigenvalue weighted by molar-refractivity contribution is 6.06. The number of alkyl halides is 3. The van der Waals surface area contributed by atoms with Crippen molar-refractivity contribution in [2.24, 2.45) is 0 Å². The fraction of sp³-hybridized carbons (Fsp3) is 0.217. The van der Waals surface area contributed by atoms with Crippen LogP contribution in [0.15, 0.2) is 54.2 Å². The molecule has 1 aliphatic heterocycles. The van der Waals surface area contributed by atoms with Crippen molar-refractivity contribution in [2.45, 2.75) is 18.1 Å². The smallest absolute Gasteiger partial charge is 0.394 e. The van der Waals surface area contributed by atoms with Crippen LogP contribution < -0.4 is 10.6 Å². The fourth-order valence-corrected chi connectivity index (χ4v) is 3.90. The standard InChI is InChI=1S/C23H19F4N5O2/c1-30-11-14(10-29)20-19(21(33)31-15-6-7-18(24)13(8-15)9-28)16-4-2-3-5-17(16)22(34)32(20)12-23(25,26)27/h2-8,10-11,19-20,29-30H,12H2,1H3,(H,31,33)/b14-11+,29-10?/t19-,20+/m1/s1. The number of fused-ring (bicyclic) bond motifs is 1. The van der Waals surface area contributed by atoms with Gasteiger partial charge in [-0.3, -0.25) is 9.59 Å². The first-order valence-electron chi connectivity index (χ1n) is 9.96. The minimum atomic E-state index is -4.77. The zero-order valence-corrected chi connectivity index (χ0v) is 17.8. The average molecular weight is 473 g/mol. The van der Waals surface area contributed by atoms with Gasteiger partial charge >= 0.3 is 6.18 Å². The first kappa shape index (κ1) is 24.4. The molecular formula is C23H19F4N5O2. The van der Waals surface area contributed by atoms with Crippen LogP contribution in [0.5, 0.6) is 0 Å². The van der Waals surface area contributed by atoms with Gasteiger partial charge in [0.15, 0.2) is 0 Å². The molecule has 2 aromatic rings. The summed E-state index contributed by atoms with van der Waals surface area (Å²) in [6.07, 6.45) is -2.75. The molecule has 0 radical (unpaired) electrons. The lowest BCUT2D eigenvalue weighted by molar-refractivity contribution is -0.146. The van der Waals surface area contributed by atoms with Crippen LogP contribution in [-0.2, 0) is 4.79 Å². The van der Waals surface area contributed by atoms with Crippen LogP contribution in [0.1, 0.15) is 27.4 Å². The lowest BCUT2D eigenvalue weighted by Crippen LogP contribution is -2.55. The molecule has 34 heavy (non-hydrogen) atoms. The van der Waals surface area contributed by atoms with Gasteiger partial charge in [0.25, 0.3) is 5.91 Å². The maximum absolute atomic E-state index is 13.7. The monoisotopic (exact) mass is 473 g/mol. The second-order valence-electron chi connectivity index (χ2n) is 7.43. The van der Waals surface area contributed by atoms with Crippen molar-refractivity contribution in [1.82, 2.24) is 10.2 Å². The van der Waals surface area contributed by atoms with Gasteiger partial charge in [0.1, 0.15) is 18.4 Å². The summed E-state index contributed by atoms with van der Waals surface area (Å²) in [6.45, 7) is -1.64. The zero-order chi connectivity index (χ0) is 25.0. The van der Waals surface area contributed by atoms with Crippen LogP contribution in [0.25, 0.3) is 0 Å². The van der Waals surface area contributed by atoms with Crippen molar-refractivity contribution in [3.05, 3.63) is 76.7 Å². The van der Waals surface area contributed by atoms with E-state index in [-0.39, 0.29) is 28.0 Å². The number of nitriles is 1. The molecule has 2 atom stereocenters. The number of carbonyl (C=O) groups excluding carboxylic acids is 2. The van der Waals surface area contributed by atoms with E-state index in [1.165, 1.54) is 37.5 Å². The highest BCUT2D eigenvalue weighted by Gasteiger charge is 2.48. The van der Waals surface area contributed by atoms with E-state index in [0.717, 1.165) is 18.3 Å². The zero-order valence-electron chi connectivity index (χ0n) is 17.8. The Bertz CT molecular complexity index is 1200. The predicted molar refractivity (Wildman–Crippen MR) is 116 cm³/mol. The number of carbonyl (C=O) groups is 2. The summed E-state index contributed by atoms with van der Waals surface area (Å²) in [5, 5.41) is 21.9. The van der Waals surface area contributed by atoms with Crippen molar-refractivity contribution in [2.75, 3.05) is 18.9 Å². The molecule has 0 saturated carbocycles. The Morgan fingerprint density at radius 3 is 2.59 bits per heavy atom. The summed E-state index contributed by atoms with van der Waals surface area (Å²) in [7, 11) is 1.47. The number of amides is 2. The molecule has 176 valence electrons. The Hall–Kier alpha value is -4.20. The number of hydrogen-bond acceptors (Lipinski definition) is 5. The lowest BCUT2D eigenvalue weighted by atomic mass is 9.79. The molecule has 3 rings (SSSR count). The summed E-state index contributed by atoms with van der Waals surface area (Å²) >= 11 is 0. The molecule has 0 aliphatic carbocycles. The van der Waals surface area contributed by atoms with Gasteiger partial charge in [-0.15, -0.1) is 0 Å². The Morgan fingerprint density at radius 1 is 1.26 bits per heavy atom. The van der Waals surface area contributed by atoms with Crippen LogP contribution in [0.4, 0.5) is 23.2 Å². The van der Waals surface area contributed by atoms with Gasteiger partial charge in [-0.1, -0.05) is 18.2 Å². The van der Waals surface area contributed by atoms with E-state index in [9.17, 15) is 27.2 Å². The van der Waals surface area contributed by atoms with E-state index in [2.05, 4.69) is 10.6 Å². The van der Waals surface area contributed by atoms with Crippen LogP contribution in [0.3, 0.4) is 0 Å². The lowest BCUT2D eigenvalue weighted by Gasteiger charge is -2.42. The number of nitrogens with zero attached hydrogens (tertiary/aromatic N) is 2. The number of anilines is 1. The highest BCUT2D eigenvalue weighted by atomic mass is 19.4. The van der Waals surface area contributed by atoms with E-state index in [1.54, 1.807) is 12.1 Å². The van der Waals surface area contributed by atoms with E-state index in [0.29, 0.717) is 4.90 Å². The summed E-state index contributed by atoms with van der Waals surface area (Å²) in [5.41, 5.74) is -0.213. The molecule has 2 amide bonds. The molecule has 0 unspecified atom stereocenters. The molecule has 0 aromatic heterocycles. The topological polar surface area (TPSA) is 109 Å². The molecule has 2 aromatic carbocycles. The van der Waals surface area contributed by atoms with Crippen molar-refractivity contribution >= 4 is 23.7 Å². The van der Waals surface area contributed by atoms with Crippen LogP contribution >= 0.6 is 0 Å². The normalized spacial score (nSPS) is 18.1. The molecule has 0 fully saturated rings. The SMILES string of the molecule is CN/C=C(\C=N)[C@H]1[C@H](C(=O)Nc2ccc(F)c(C#N)c2)c2ccccc2C(=O)N1CC(F)(F)F. The van der Waals surface area contributed by atoms with Crippen LogP contribution in [-0.4, -0.2) is 48.7 Å². The molecule has 1 heterocycles. The summed E-state index contributed by atoms with van der Waals surface area (Å²) in [6, 6.07) is 9.25. The molecule has 1 aliphatic rings. The number of rotatable bonds is 6. The molecule has 0 spiro atoms. The van der Waals surface area contributed by atoms with Crippen molar-refractivity contribution in [1.29, 1.82) is 10.7 Å². The second kappa shape index (κ2) is 9.74. The summed E-state index contributed by atoms with van der Waals surface area (Å²) in [4.78, 5) is 27.0. The van der Waals surface area contributed by atoms with E-state index in [4.69, 9.17) is 10.7 Å². The van der Waals surface area contributed by atoms with Crippen molar-refractivity contribution in [3.8, 4) is 6.07 Å². The van der Waals surface area contributed by atoms with Crippen molar-refractivity contribution < 1.29 is 27.2 Å². The van der Waals surface area contributed by atoms with Gasteiger partial charge in [-0.05, 0) is 29.8 Å². The van der Waals surface area contributed by atoms with Gasteiger partial charge in [0.05, 0.1) is 17.5 Å². The third-order valence-electron chi connectivity index (χ3n) is 5.24. The third kappa shape index (κ3) is 4.91. The largest absolute Gasteiger partial charge is 0.406 e. The van der Waals surface area contributed by atoms with Gasteiger partial charge in [0.2, 0.25) is 5.91 Å². The minimum absolute atomic E-state index is 0.0356. The quantitative estimate of drug-likeness (QED) is 0.440. The van der Waals surface area contributed by atoms with Gasteiger partial charge in [-0.2, -0.15) is 18.4 Å². The van der Waals surface area contributed by atoms with Crippen molar-refractivity contribution in [3.63, 3.8) is 0 Å². The second-order valence-corrected chi connectivity index (χ2v) is 7.43. The molecule has 0 saturated heterocycles. The molecular weight excluding hydrogens is 454 g/mol. The van der Waals surface area contributed by atoms with Gasteiger partial charge in [0, 0.05) is 36.3 Å². The third-order valence-corrected chi connectivity index (χ3v) is 5.24. The maximum Gasteiger partial charge on any atom is 0.406 e. The van der Waals surface area contributed by atoms with Gasteiger partial charge in [-0.25, -0.2) is 4.39 Å². The Labute approximate surface area is 192 Å². The van der Waals surface area contributed by atoms with E-state index in [1.807, 2.05) is 0 Å². The van der Waals surface area contributed by atoms with E-state index >= 15 is 0 Å². The Kier molecular flexibility index (Phi) is 7.00. The average Bonchev–Trinajstić information content (AvgIpc) is 2.79. The Balaban J connectivity index is 2.17. The first-order chi connectivity index (χ1) is 16.1.